The maximum absolute atomic E-state index is 3.27. The van der Waals surface area contributed by atoms with Gasteiger partial charge in [0.2, 0.25) is 0 Å². The van der Waals surface area contributed by atoms with Gasteiger partial charge in [0.25, 0.3) is 0 Å². The van der Waals surface area contributed by atoms with Crippen LogP contribution in [0.15, 0.2) is 0 Å². The van der Waals surface area contributed by atoms with Crippen molar-refractivity contribution in [2.24, 2.45) is 0 Å². The van der Waals surface area contributed by atoms with Gasteiger partial charge in [-0.05, 0) is 19.5 Å². The summed E-state index contributed by atoms with van der Waals surface area (Å²) in [7, 11) is 0. The fourth-order valence-electron chi connectivity index (χ4n) is 1.24. The normalized spacial score (nSPS) is 31.5. The van der Waals surface area contributed by atoms with E-state index in [1.165, 1.54) is 32.6 Å². The van der Waals surface area contributed by atoms with Crippen molar-refractivity contribution in [1.82, 2.24) is 10.2 Å². The first-order valence-corrected chi connectivity index (χ1v) is 3.41. The van der Waals surface area contributed by atoms with E-state index < -0.39 is 0 Å². The molecule has 0 aromatic carbocycles. The summed E-state index contributed by atoms with van der Waals surface area (Å²) in [5.74, 6) is 0. The molecule has 0 spiro atoms. The smallest absolute Gasteiger partial charge is 0.0345 e. The maximum atomic E-state index is 3.27. The SMILES string of the molecule is C1CN(C2CNC2)C1. The third kappa shape index (κ3) is 0.565. The van der Waals surface area contributed by atoms with Crippen molar-refractivity contribution >= 4 is 0 Å². The predicted molar refractivity (Wildman–Crippen MR) is 32.8 cm³/mol. The Labute approximate surface area is 49.9 Å². The minimum absolute atomic E-state index is 0.906. The minimum atomic E-state index is 0.906. The third-order valence-corrected chi connectivity index (χ3v) is 2.17. The van der Waals surface area contributed by atoms with E-state index in [9.17, 15) is 0 Å². The topological polar surface area (TPSA) is 15.3 Å². The van der Waals surface area contributed by atoms with Crippen molar-refractivity contribution in [3.8, 4) is 0 Å². The van der Waals surface area contributed by atoms with E-state index in [0.717, 1.165) is 6.04 Å². The molecule has 0 aromatic rings. The lowest BCUT2D eigenvalue weighted by molar-refractivity contribution is 0.0827. The van der Waals surface area contributed by atoms with Gasteiger partial charge < -0.3 is 5.32 Å². The number of nitrogens with one attached hydrogen (secondary N) is 1. The van der Waals surface area contributed by atoms with Gasteiger partial charge in [-0.1, -0.05) is 0 Å². The lowest BCUT2D eigenvalue weighted by atomic mass is 10.1. The highest BCUT2D eigenvalue weighted by molar-refractivity contribution is 4.87. The fraction of sp³-hybridized carbons (Fsp3) is 1.00. The second kappa shape index (κ2) is 1.71. The largest absolute Gasteiger partial charge is 0.314 e. The summed E-state index contributed by atoms with van der Waals surface area (Å²) >= 11 is 0. The van der Waals surface area contributed by atoms with E-state index >= 15 is 0 Å². The molecule has 0 radical (unpaired) electrons. The molecule has 2 rings (SSSR count). The number of rotatable bonds is 1. The average molecular weight is 112 g/mol. The lowest BCUT2D eigenvalue weighted by Gasteiger charge is -2.43. The van der Waals surface area contributed by atoms with E-state index in [-0.39, 0.29) is 0 Å². The van der Waals surface area contributed by atoms with Crippen molar-refractivity contribution in [2.75, 3.05) is 26.2 Å². The minimum Gasteiger partial charge on any atom is -0.314 e. The highest BCUT2D eigenvalue weighted by atomic mass is 15.3. The first-order valence-electron chi connectivity index (χ1n) is 3.41. The van der Waals surface area contributed by atoms with Crippen LogP contribution in [0.4, 0.5) is 0 Å². The second-order valence-corrected chi connectivity index (χ2v) is 2.70. The van der Waals surface area contributed by atoms with E-state index in [0.29, 0.717) is 0 Å². The van der Waals surface area contributed by atoms with Crippen molar-refractivity contribution in [3.63, 3.8) is 0 Å². The maximum Gasteiger partial charge on any atom is 0.0345 e. The van der Waals surface area contributed by atoms with Crippen molar-refractivity contribution in [2.45, 2.75) is 12.5 Å². The van der Waals surface area contributed by atoms with Crippen LogP contribution in [-0.2, 0) is 0 Å². The molecule has 0 aliphatic carbocycles. The first-order chi connectivity index (χ1) is 3.97. The van der Waals surface area contributed by atoms with E-state index in [2.05, 4.69) is 10.2 Å². The Hall–Kier alpha value is -0.0800. The molecule has 0 atom stereocenters. The van der Waals surface area contributed by atoms with Gasteiger partial charge in [-0.15, -0.1) is 0 Å². The van der Waals surface area contributed by atoms with Crippen LogP contribution in [0, 0.1) is 0 Å². The van der Waals surface area contributed by atoms with Gasteiger partial charge in [0, 0.05) is 19.1 Å². The van der Waals surface area contributed by atoms with Crippen LogP contribution in [0.5, 0.6) is 0 Å². The van der Waals surface area contributed by atoms with Gasteiger partial charge in [0.1, 0.15) is 0 Å². The van der Waals surface area contributed by atoms with E-state index in [1.54, 1.807) is 0 Å². The molecule has 2 aliphatic rings. The summed E-state index contributed by atoms with van der Waals surface area (Å²) in [6.07, 6.45) is 1.43. The Morgan fingerprint density at radius 1 is 1.25 bits per heavy atom. The summed E-state index contributed by atoms with van der Waals surface area (Å²) in [6.45, 7) is 5.18. The van der Waals surface area contributed by atoms with Crippen molar-refractivity contribution in [3.05, 3.63) is 0 Å². The lowest BCUT2D eigenvalue weighted by Crippen LogP contribution is -2.60. The van der Waals surface area contributed by atoms with Crippen LogP contribution >= 0.6 is 0 Å². The highest BCUT2D eigenvalue weighted by Crippen LogP contribution is 2.13. The van der Waals surface area contributed by atoms with E-state index in [1.807, 2.05) is 0 Å². The highest BCUT2D eigenvalue weighted by Gasteiger charge is 2.27. The van der Waals surface area contributed by atoms with Crippen LogP contribution in [0.1, 0.15) is 6.42 Å². The number of likely N-dealkylation sites (tertiary alicyclic amines) is 1. The zero-order valence-corrected chi connectivity index (χ0v) is 5.06. The molecule has 0 unspecified atom stereocenters. The molecule has 46 valence electrons. The standard InChI is InChI=1S/C6H12N2/c1-2-8(3-1)6-4-7-5-6/h6-7H,1-5H2. The van der Waals surface area contributed by atoms with Crippen LogP contribution in [0.2, 0.25) is 0 Å². The summed E-state index contributed by atoms with van der Waals surface area (Å²) in [5.41, 5.74) is 0. The molecule has 0 saturated carbocycles. The molecule has 2 fully saturated rings. The van der Waals surface area contributed by atoms with Gasteiger partial charge in [-0.3, -0.25) is 4.90 Å². The molecule has 8 heavy (non-hydrogen) atoms. The number of hydrogen-bond acceptors (Lipinski definition) is 2. The molecule has 0 aromatic heterocycles. The summed E-state index contributed by atoms with van der Waals surface area (Å²) in [5, 5.41) is 3.27. The van der Waals surface area contributed by atoms with Gasteiger partial charge in [0.05, 0.1) is 0 Å². The quantitative estimate of drug-likeness (QED) is 0.499. The Kier molecular flexibility index (Phi) is 1.02. The number of nitrogens with zero attached hydrogens (tertiary/aromatic N) is 1. The third-order valence-electron chi connectivity index (χ3n) is 2.17. The van der Waals surface area contributed by atoms with Gasteiger partial charge in [-0.2, -0.15) is 0 Å². The first kappa shape index (κ1) is 4.77. The molecule has 1 N–H and O–H groups in total. The number of hydrogen-bond donors (Lipinski definition) is 1. The van der Waals surface area contributed by atoms with Crippen LogP contribution in [-0.4, -0.2) is 37.1 Å². The molecular weight excluding hydrogens is 100 g/mol. The fourth-order valence-corrected chi connectivity index (χ4v) is 1.24. The molecule has 2 heterocycles. The summed E-state index contributed by atoms with van der Waals surface area (Å²) in [6, 6.07) is 0.906. The Balaban J connectivity index is 1.79. The zero-order chi connectivity index (χ0) is 5.40. The molecule has 0 amide bonds. The molecule has 2 heteroatoms. The second-order valence-electron chi connectivity index (χ2n) is 2.70. The molecule has 2 nitrogen and oxygen atoms in total. The Bertz CT molecular complexity index is 72.5. The summed E-state index contributed by atoms with van der Waals surface area (Å²) in [4.78, 5) is 2.55. The zero-order valence-electron chi connectivity index (χ0n) is 5.06. The van der Waals surface area contributed by atoms with Crippen molar-refractivity contribution < 1.29 is 0 Å². The van der Waals surface area contributed by atoms with E-state index in [4.69, 9.17) is 0 Å². The van der Waals surface area contributed by atoms with Crippen LogP contribution < -0.4 is 5.32 Å². The van der Waals surface area contributed by atoms with Crippen LogP contribution in [0.25, 0.3) is 0 Å². The van der Waals surface area contributed by atoms with Crippen LogP contribution in [0.3, 0.4) is 0 Å². The monoisotopic (exact) mass is 112 g/mol. The van der Waals surface area contributed by atoms with Gasteiger partial charge in [0.15, 0.2) is 0 Å². The molecule has 2 saturated heterocycles. The molecule has 2 aliphatic heterocycles. The summed E-state index contributed by atoms with van der Waals surface area (Å²) < 4.78 is 0. The molecular formula is C6H12N2. The Morgan fingerprint density at radius 3 is 2.12 bits per heavy atom. The van der Waals surface area contributed by atoms with Crippen molar-refractivity contribution in [1.29, 1.82) is 0 Å². The Morgan fingerprint density at radius 2 is 2.00 bits per heavy atom. The van der Waals surface area contributed by atoms with Gasteiger partial charge in [-0.25, -0.2) is 0 Å². The van der Waals surface area contributed by atoms with Gasteiger partial charge >= 0.3 is 0 Å². The molecule has 0 bridgehead atoms. The average Bonchev–Trinajstić information content (AvgIpc) is 1.47. The predicted octanol–water partition coefficient (Wildman–Crippen LogP) is -0.336.